The van der Waals surface area contributed by atoms with Crippen LogP contribution in [-0.4, -0.2) is 27.8 Å². The highest BCUT2D eigenvalue weighted by atomic mass is 35.5. The van der Waals surface area contributed by atoms with Crippen LogP contribution in [-0.2, 0) is 17.9 Å². The second kappa shape index (κ2) is 10.1. The van der Waals surface area contributed by atoms with Gasteiger partial charge in [-0.15, -0.1) is 0 Å². The number of hydrogen-bond donors (Lipinski definition) is 0. The SMILES string of the molecule is O=C1S/C(=C\c2cc([N+](=O)[O-])ccc2OCc2ccc(F)cc2)C(=O)N1Cc1cc2c(cc1Cl)OCO2. The van der Waals surface area contributed by atoms with Crippen molar-refractivity contribution in [3.05, 3.63) is 97.1 Å². The Morgan fingerprint density at radius 3 is 2.57 bits per heavy atom. The smallest absolute Gasteiger partial charge is 0.293 e. The van der Waals surface area contributed by atoms with Gasteiger partial charge in [0.25, 0.3) is 16.8 Å². The summed E-state index contributed by atoms with van der Waals surface area (Å²) >= 11 is 7.00. The normalized spacial score (nSPS) is 15.5. The molecule has 2 aliphatic heterocycles. The Morgan fingerprint density at radius 2 is 1.84 bits per heavy atom. The number of nitro benzene ring substituents is 1. The maximum atomic E-state index is 13.2. The number of benzene rings is 3. The Hall–Kier alpha value is -4.09. The van der Waals surface area contributed by atoms with Crippen LogP contribution < -0.4 is 14.2 Å². The number of ether oxygens (including phenoxy) is 3. The van der Waals surface area contributed by atoms with Crippen molar-refractivity contribution in [2.75, 3.05) is 6.79 Å². The highest BCUT2D eigenvalue weighted by Crippen LogP contribution is 2.40. The molecule has 1 fully saturated rings. The molecule has 188 valence electrons. The topological polar surface area (TPSA) is 108 Å². The van der Waals surface area contributed by atoms with Crippen molar-refractivity contribution in [2.24, 2.45) is 0 Å². The molecule has 0 N–H and O–H groups in total. The summed E-state index contributed by atoms with van der Waals surface area (Å²) in [6.07, 6.45) is 1.37. The van der Waals surface area contributed by atoms with Crippen LogP contribution in [0.15, 0.2) is 59.5 Å². The summed E-state index contributed by atoms with van der Waals surface area (Å²) in [5.74, 6) is 0.209. The van der Waals surface area contributed by atoms with Crippen molar-refractivity contribution >= 4 is 46.3 Å². The van der Waals surface area contributed by atoms with E-state index in [0.29, 0.717) is 39.4 Å². The molecular formula is C25H16ClFN2O7S. The van der Waals surface area contributed by atoms with E-state index in [-0.39, 0.29) is 41.9 Å². The lowest BCUT2D eigenvalue weighted by molar-refractivity contribution is -0.384. The average Bonchev–Trinajstić information content (AvgIpc) is 3.43. The van der Waals surface area contributed by atoms with E-state index in [1.54, 1.807) is 24.3 Å². The fourth-order valence-electron chi connectivity index (χ4n) is 3.66. The number of amides is 2. The molecule has 0 unspecified atom stereocenters. The van der Waals surface area contributed by atoms with Gasteiger partial charge in [-0.1, -0.05) is 23.7 Å². The number of nitrogens with zero attached hydrogens (tertiary/aromatic N) is 2. The van der Waals surface area contributed by atoms with Crippen LogP contribution >= 0.6 is 23.4 Å². The van der Waals surface area contributed by atoms with Crippen LogP contribution in [0.3, 0.4) is 0 Å². The van der Waals surface area contributed by atoms with Crippen LogP contribution in [0.1, 0.15) is 16.7 Å². The molecule has 0 atom stereocenters. The standard InChI is InChI=1S/C25H16ClFN2O7S/c26-19-10-22-21(35-13-36-22)8-16(19)11-28-24(30)23(37-25(28)31)9-15-7-18(29(32)33)5-6-20(15)34-12-14-1-3-17(27)4-2-14/h1-10H,11-13H2/b23-9-. The maximum absolute atomic E-state index is 13.2. The van der Waals surface area contributed by atoms with Crippen LogP contribution in [0.5, 0.6) is 17.2 Å². The van der Waals surface area contributed by atoms with Crippen LogP contribution in [0.4, 0.5) is 14.9 Å². The molecule has 2 amide bonds. The monoisotopic (exact) mass is 542 g/mol. The first kappa shape index (κ1) is 24.6. The number of hydrogen-bond acceptors (Lipinski definition) is 8. The van der Waals surface area contributed by atoms with Crippen molar-refractivity contribution in [3.63, 3.8) is 0 Å². The number of carbonyl (C=O) groups excluding carboxylic acids is 2. The molecule has 0 spiro atoms. The zero-order valence-corrected chi connectivity index (χ0v) is 20.4. The summed E-state index contributed by atoms with van der Waals surface area (Å²) in [5, 5.41) is 11.1. The molecule has 3 aromatic carbocycles. The molecule has 0 radical (unpaired) electrons. The second-order valence-electron chi connectivity index (χ2n) is 7.96. The molecule has 37 heavy (non-hydrogen) atoms. The molecule has 12 heteroatoms. The van der Waals surface area contributed by atoms with E-state index in [1.165, 1.54) is 36.4 Å². The molecule has 0 saturated carbocycles. The summed E-state index contributed by atoms with van der Waals surface area (Å²) in [6.45, 7) is 0.0115. The quantitative estimate of drug-likeness (QED) is 0.205. The Morgan fingerprint density at radius 1 is 1.11 bits per heavy atom. The second-order valence-corrected chi connectivity index (χ2v) is 9.36. The summed E-state index contributed by atoms with van der Waals surface area (Å²) < 4.78 is 29.6. The number of non-ortho nitro benzene ring substituents is 1. The van der Waals surface area contributed by atoms with Gasteiger partial charge in [0.15, 0.2) is 11.5 Å². The Bertz CT molecular complexity index is 1460. The van der Waals surface area contributed by atoms with Gasteiger partial charge < -0.3 is 14.2 Å². The number of imide groups is 1. The van der Waals surface area contributed by atoms with E-state index in [2.05, 4.69) is 0 Å². The summed E-state index contributed by atoms with van der Waals surface area (Å²) in [6, 6.07) is 12.8. The number of thioether (sulfide) groups is 1. The molecule has 5 rings (SSSR count). The van der Waals surface area contributed by atoms with Crippen molar-refractivity contribution in [1.82, 2.24) is 4.90 Å². The van der Waals surface area contributed by atoms with E-state index in [0.717, 1.165) is 4.90 Å². The lowest BCUT2D eigenvalue weighted by Gasteiger charge is -2.14. The lowest BCUT2D eigenvalue weighted by Crippen LogP contribution is -2.27. The van der Waals surface area contributed by atoms with Gasteiger partial charge >= 0.3 is 0 Å². The third kappa shape index (κ3) is 5.23. The number of rotatable bonds is 7. The van der Waals surface area contributed by atoms with Crippen molar-refractivity contribution in [1.29, 1.82) is 0 Å². The molecule has 0 aromatic heterocycles. The van der Waals surface area contributed by atoms with Gasteiger partial charge in [0.1, 0.15) is 18.2 Å². The van der Waals surface area contributed by atoms with Gasteiger partial charge in [-0.05, 0) is 53.2 Å². The molecule has 3 aromatic rings. The van der Waals surface area contributed by atoms with Crippen LogP contribution in [0.2, 0.25) is 5.02 Å². The predicted octanol–water partition coefficient (Wildman–Crippen LogP) is 5.93. The Labute approximate surface area is 218 Å². The molecule has 0 bridgehead atoms. The number of carbonyl (C=O) groups is 2. The first-order valence-electron chi connectivity index (χ1n) is 10.8. The zero-order chi connectivity index (χ0) is 26.1. The highest BCUT2D eigenvalue weighted by molar-refractivity contribution is 8.18. The third-order valence-corrected chi connectivity index (χ3v) is 6.80. The first-order chi connectivity index (χ1) is 17.8. The number of fused-ring (bicyclic) bond motifs is 1. The van der Waals surface area contributed by atoms with Gasteiger partial charge in [-0.25, -0.2) is 4.39 Å². The number of nitro groups is 1. The van der Waals surface area contributed by atoms with Gasteiger partial charge in [0.05, 0.1) is 16.4 Å². The van der Waals surface area contributed by atoms with E-state index in [1.807, 2.05) is 0 Å². The zero-order valence-electron chi connectivity index (χ0n) is 18.8. The average molecular weight is 543 g/mol. The predicted molar refractivity (Wildman–Crippen MR) is 133 cm³/mol. The maximum Gasteiger partial charge on any atom is 0.293 e. The third-order valence-electron chi connectivity index (χ3n) is 5.54. The van der Waals surface area contributed by atoms with E-state index in [4.69, 9.17) is 25.8 Å². The molecule has 2 heterocycles. The first-order valence-corrected chi connectivity index (χ1v) is 12.0. The molecule has 2 aliphatic rings. The van der Waals surface area contributed by atoms with Crippen LogP contribution in [0.25, 0.3) is 6.08 Å². The van der Waals surface area contributed by atoms with E-state index >= 15 is 0 Å². The van der Waals surface area contributed by atoms with Crippen LogP contribution in [0, 0.1) is 15.9 Å². The van der Waals surface area contributed by atoms with Gasteiger partial charge in [0.2, 0.25) is 6.79 Å². The summed E-state index contributed by atoms with van der Waals surface area (Å²) in [7, 11) is 0. The summed E-state index contributed by atoms with van der Waals surface area (Å²) in [4.78, 5) is 37.7. The molecule has 0 aliphatic carbocycles. The number of halogens is 2. The van der Waals surface area contributed by atoms with Gasteiger partial charge in [0, 0.05) is 28.8 Å². The highest BCUT2D eigenvalue weighted by Gasteiger charge is 2.36. The molecule has 1 saturated heterocycles. The Kier molecular flexibility index (Phi) is 6.72. The van der Waals surface area contributed by atoms with Crippen molar-refractivity contribution in [2.45, 2.75) is 13.2 Å². The van der Waals surface area contributed by atoms with Gasteiger partial charge in [-0.2, -0.15) is 0 Å². The minimum Gasteiger partial charge on any atom is -0.488 e. The molecular weight excluding hydrogens is 527 g/mol. The minimum atomic E-state index is -0.584. The minimum absolute atomic E-state index is 0.0498. The fraction of sp³-hybridized carbons (Fsp3) is 0.120. The Balaban J connectivity index is 1.40. The lowest BCUT2D eigenvalue weighted by atomic mass is 10.1. The van der Waals surface area contributed by atoms with Gasteiger partial charge in [-0.3, -0.25) is 24.6 Å². The van der Waals surface area contributed by atoms with Crippen molar-refractivity contribution < 1.29 is 33.1 Å². The fourth-order valence-corrected chi connectivity index (χ4v) is 4.71. The van der Waals surface area contributed by atoms with E-state index in [9.17, 15) is 24.1 Å². The largest absolute Gasteiger partial charge is 0.488 e. The molecule has 9 nitrogen and oxygen atoms in total. The van der Waals surface area contributed by atoms with Crippen molar-refractivity contribution in [3.8, 4) is 17.2 Å². The van der Waals surface area contributed by atoms with E-state index < -0.39 is 21.9 Å². The summed E-state index contributed by atoms with van der Waals surface area (Å²) in [5.41, 5.74) is 1.19.